The first-order chi connectivity index (χ1) is 7.40. The molecule has 0 spiro atoms. The van der Waals surface area contributed by atoms with Crippen molar-refractivity contribution in [2.75, 3.05) is 6.54 Å². The molecule has 0 aliphatic carbocycles. The lowest BCUT2D eigenvalue weighted by atomic mass is 10.2. The fourth-order valence-electron chi connectivity index (χ4n) is 1.26. The van der Waals surface area contributed by atoms with Crippen LogP contribution in [0.15, 0.2) is 36.8 Å². The van der Waals surface area contributed by atoms with Gasteiger partial charge in [-0.3, -0.25) is 0 Å². The minimum atomic E-state index is 0.585. The molecule has 0 aliphatic rings. The highest BCUT2D eigenvalue weighted by molar-refractivity contribution is 5.55. The van der Waals surface area contributed by atoms with Crippen molar-refractivity contribution in [3.63, 3.8) is 0 Å². The first-order valence-corrected chi connectivity index (χ1v) is 4.74. The van der Waals surface area contributed by atoms with E-state index in [2.05, 4.69) is 15.3 Å². The van der Waals surface area contributed by atoms with Crippen molar-refractivity contribution >= 4 is 0 Å². The molecule has 15 heavy (non-hydrogen) atoms. The fraction of sp³-hybridized carbons (Fsp3) is 0.200. The number of nitrogens with two attached hydrogens (primary N) is 1. The van der Waals surface area contributed by atoms with Gasteiger partial charge in [0.15, 0.2) is 12.7 Å². The maximum Gasteiger partial charge on any atom is 0.197 e. The summed E-state index contributed by atoms with van der Waals surface area (Å²) in [7, 11) is 0. The van der Waals surface area contributed by atoms with Gasteiger partial charge in [0.2, 0.25) is 0 Å². The van der Waals surface area contributed by atoms with Crippen LogP contribution in [-0.4, -0.2) is 21.8 Å². The standard InChI is InChI=1S/C10H12N5/c11-4-7-15-6-3-9(8-13-15)10-2-1-5-12-14-10/h1-3,5-6,8H,4,7,11H2/q+1. The maximum absolute atomic E-state index is 5.43. The highest BCUT2D eigenvalue weighted by Gasteiger charge is 2.03. The van der Waals surface area contributed by atoms with Crippen molar-refractivity contribution in [3.05, 3.63) is 36.8 Å². The lowest BCUT2D eigenvalue weighted by molar-refractivity contribution is -0.751. The number of hydrogen-bond acceptors (Lipinski definition) is 4. The van der Waals surface area contributed by atoms with Gasteiger partial charge in [0, 0.05) is 17.8 Å². The molecule has 0 fully saturated rings. The third-order valence-electron chi connectivity index (χ3n) is 2.00. The Morgan fingerprint density at radius 2 is 2.27 bits per heavy atom. The van der Waals surface area contributed by atoms with Crippen LogP contribution in [0.4, 0.5) is 0 Å². The van der Waals surface area contributed by atoms with Crippen molar-refractivity contribution in [3.8, 4) is 11.3 Å². The summed E-state index contributed by atoms with van der Waals surface area (Å²) in [5.41, 5.74) is 7.21. The molecular weight excluding hydrogens is 190 g/mol. The lowest BCUT2D eigenvalue weighted by Crippen LogP contribution is -2.40. The highest BCUT2D eigenvalue weighted by atomic mass is 15.3. The van der Waals surface area contributed by atoms with E-state index in [1.54, 1.807) is 17.1 Å². The summed E-state index contributed by atoms with van der Waals surface area (Å²) in [5.74, 6) is 0. The van der Waals surface area contributed by atoms with Crippen LogP contribution in [0.3, 0.4) is 0 Å². The Bertz CT molecular complexity index is 412. The minimum Gasteiger partial charge on any atom is -0.325 e. The lowest BCUT2D eigenvalue weighted by Gasteiger charge is -1.96. The molecule has 0 unspecified atom stereocenters. The maximum atomic E-state index is 5.43. The smallest absolute Gasteiger partial charge is 0.197 e. The first kappa shape index (κ1) is 9.67. The van der Waals surface area contributed by atoms with Gasteiger partial charge in [-0.1, -0.05) is 4.68 Å². The molecule has 0 saturated carbocycles. The van der Waals surface area contributed by atoms with E-state index < -0.39 is 0 Å². The molecule has 2 N–H and O–H groups in total. The SMILES string of the molecule is NCC[n+]1ccc(-c2cccnn2)cn1. The Morgan fingerprint density at radius 1 is 1.33 bits per heavy atom. The van der Waals surface area contributed by atoms with Crippen LogP contribution < -0.4 is 10.4 Å². The Balaban J connectivity index is 2.24. The van der Waals surface area contributed by atoms with Crippen LogP contribution >= 0.6 is 0 Å². The predicted molar refractivity (Wildman–Crippen MR) is 54.5 cm³/mol. The van der Waals surface area contributed by atoms with Crippen molar-refractivity contribution in [2.45, 2.75) is 6.54 Å². The monoisotopic (exact) mass is 202 g/mol. The van der Waals surface area contributed by atoms with Gasteiger partial charge in [-0.25, -0.2) is 0 Å². The first-order valence-electron chi connectivity index (χ1n) is 4.74. The van der Waals surface area contributed by atoms with Gasteiger partial charge in [-0.05, 0) is 17.2 Å². The van der Waals surface area contributed by atoms with Gasteiger partial charge in [0.05, 0.1) is 12.2 Å². The van der Waals surface area contributed by atoms with E-state index in [4.69, 9.17) is 5.73 Å². The van der Waals surface area contributed by atoms with Gasteiger partial charge in [0.25, 0.3) is 0 Å². The van der Waals surface area contributed by atoms with Gasteiger partial charge in [0.1, 0.15) is 6.20 Å². The summed E-state index contributed by atoms with van der Waals surface area (Å²) >= 11 is 0. The molecule has 0 atom stereocenters. The van der Waals surface area contributed by atoms with Crippen LogP contribution in [-0.2, 0) is 6.54 Å². The number of nitrogens with zero attached hydrogens (tertiary/aromatic N) is 4. The molecule has 0 bridgehead atoms. The number of aromatic nitrogens is 4. The van der Waals surface area contributed by atoms with Crippen LogP contribution in [0.1, 0.15) is 0 Å². The third-order valence-corrected chi connectivity index (χ3v) is 2.00. The summed E-state index contributed by atoms with van der Waals surface area (Å²) in [6, 6.07) is 5.70. The van der Waals surface area contributed by atoms with E-state index in [0.29, 0.717) is 6.54 Å². The van der Waals surface area contributed by atoms with Crippen LogP contribution in [0.5, 0.6) is 0 Å². The third kappa shape index (κ3) is 2.32. The second-order valence-electron chi connectivity index (χ2n) is 3.08. The quantitative estimate of drug-likeness (QED) is 0.699. The fourth-order valence-corrected chi connectivity index (χ4v) is 1.26. The molecule has 2 aromatic heterocycles. The molecule has 0 aliphatic heterocycles. The number of rotatable bonds is 3. The summed E-state index contributed by atoms with van der Waals surface area (Å²) in [6.45, 7) is 1.31. The normalized spacial score (nSPS) is 10.2. The van der Waals surface area contributed by atoms with E-state index in [9.17, 15) is 0 Å². The Morgan fingerprint density at radius 3 is 2.87 bits per heavy atom. The Hall–Kier alpha value is -1.88. The average Bonchev–Trinajstić information content (AvgIpc) is 2.32. The molecule has 5 nitrogen and oxygen atoms in total. The zero-order chi connectivity index (χ0) is 10.5. The van der Waals surface area contributed by atoms with E-state index in [1.165, 1.54) is 0 Å². The van der Waals surface area contributed by atoms with E-state index in [1.807, 2.05) is 24.4 Å². The average molecular weight is 202 g/mol. The zero-order valence-electron chi connectivity index (χ0n) is 8.24. The van der Waals surface area contributed by atoms with Gasteiger partial charge >= 0.3 is 0 Å². The van der Waals surface area contributed by atoms with Gasteiger partial charge in [-0.2, -0.15) is 10.2 Å². The van der Waals surface area contributed by atoms with E-state index >= 15 is 0 Å². The molecule has 76 valence electrons. The van der Waals surface area contributed by atoms with Crippen molar-refractivity contribution in [1.29, 1.82) is 0 Å². The Labute approximate surface area is 87.6 Å². The molecule has 0 radical (unpaired) electrons. The largest absolute Gasteiger partial charge is 0.325 e. The van der Waals surface area contributed by atoms with Crippen LogP contribution in [0, 0.1) is 0 Å². The second kappa shape index (κ2) is 4.56. The van der Waals surface area contributed by atoms with Gasteiger partial charge in [-0.15, -0.1) is 0 Å². The van der Waals surface area contributed by atoms with Crippen molar-refractivity contribution < 1.29 is 4.68 Å². The van der Waals surface area contributed by atoms with Crippen LogP contribution in [0.25, 0.3) is 11.3 Å². The van der Waals surface area contributed by atoms with Crippen molar-refractivity contribution in [2.24, 2.45) is 5.73 Å². The predicted octanol–water partition coefficient (Wildman–Crippen LogP) is -0.215. The minimum absolute atomic E-state index is 0.585. The molecule has 0 saturated heterocycles. The molecule has 5 heteroatoms. The molecule has 2 aromatic rings. The molecular formula is C10H12N5+. The highest BCUT2D eigenvalue weighted by Crippen LogP contribution is 2.11. The van der Waals surface area contributed by atoms with Crippen molar-refractivity contribution in [1.82, 2.24) is 15.3 Å². The zero-order valence-corrected chi connectivity index (χ0v) is 8.24. The van der Waals surface area contributed by atoms with E-state index in [0.717, 1.165) is 17.8 Å². The molecule has 0 aromatic carbocycles. The van der Waals surface area contributed by atoms with Crippen LogP contribution in [0.2, 0.25) is 0 Å². The molecule has 0 amide bonds. The summed E-state index contributed by atoms with van der Waals surface area (Å²) in [4.78, 5) is 0. The molecule has 2 heterocycles. The summed E-state index contributed by atoms with van der Waals surface area (Å²) in [5, 5.41) is 12.0. The van der Waals surface area contributed by atoms with Gasteiger partial charge < -0.3 is 5.73 Å². The number of hydrogen-bond donors (Lipinski definition) is 1. The molecule has 2 rings (SSSR count). The van der Waals surface area contributed by atoms with E-state index in [-0.39, 0.29) is 0 Å². The Kier molecular flexibility index (Phi) is 2.94. The summed E-state index contributed by atoms with van der Waals surface area (Å²) in [6.07, 6.45) is 5.30. The topological polar surface area (TPSA) is 68.6 Å². The second-order valence-corrected chi connectivity index (χ2v) is 3.08. The summed E-state index contributed by atoms with van der Waals surface area (Å²) < 4.78 is 1.79.